The van der Waals surface area contributed by atoms with Crippen LogP contribution < -0.4 is 10.1 Å². The van der Waals surface area contributed by atoms with Crippen LogP contribution in [0.5, 0.6) is 5.75 Å². The molecular weight excluding hydrogens is 246 g/mol. The van der Waals surface area contributed by atoms with Crippen molar-refractivity contribution in [2.75, 3.05) is 13.2 Å². The van der Waals surface area contributed by atoms with Crippen LogP contribution in [0.2, 0.25) is 5.02 Å². The molecule has 0 aliphatic rings. The van der Waals surface area contributed by atoms with Crippen molar-refractivity contribution in [1.29, 1.82) is 0 Å². The second kappa shape index (κ2) is 8.02. The average molecular weight is 266 g/mol. The van der Waals surface area contributed by atoms with Gasteiger partial charge in [-0.25, -0.2) is 0 Å². The minimum atomic E-state index is 0.501. The second-order valence-corrected chi connectivity index (χ2v) is 5.00. The van der Waals surface area contributed by atoms with Crippen molar-refractivity contribution in [1.82, 2.24) is 5.32 Å². The lowest BCUT2D eigenvalue weighted by molar-refractivity contribution is 0.327. The van der Waals surface area contributed by atoms with Crippen LogP contribution in [0.1, 0.15) is 25.8 Å². The number of hydrogen-bond donors (Lipinski definition) is 1. The summed E-state index contributed by atoms with van der Waals surface area (Å²) in [7, 11) is 0. The van der Waals surface area contributed by atoms with Crippen LogP contribution in [0.3, 0.4) is 0 Å². The number of rotatable bonds is 7. The summed E-state index contributed by atoms with van der Waals surface area (Å²) in [4.78, 5) is 0. The summed E-state index contributed by atoms with van der Waals surface area (Å²) in [6, 6.07) is 5.84. The molecule has 98 valence electrons. The second-order valence-electron chi connectivity index (χ2n) is 4.59. The third-order valence-electron chi connectivity index (χ3n) is 2.38. The van der Waals surface area contributed by atoms with Crippen LogP contribution in [0.15, 0.2) is 18.2 Å². The van der Waals surface area contributed by atoms with E-state index in [4.69, 9.17) is 22.8 Å². The Kier molecular flexibility index (Phi) is 6.64. The Morgan fingerprint density at radius 1 is 1.44 bits per heavy atom. The lowest BCUT2D eigenvalue weighted by Crippen LogP contribution is -2.18. The number of nitrogens with one attached hydrogen (secondary N) is 1. The summed E-state index contributed by atoms with van der Waals surface area (Å²) in [6.07, 6.45) is 5.75. The Bertz CT molecular complexity index is 409. The fourth-order valence-corrected chi connectivity index (χ4v) is 1.75. The van der Waals surface area contributed by atoms with Crippen molar-refractivity contribution in [3.8, 4) is 18.1 Å². The minimum absolute atomic E-state index is 0.501. The molecule has 0 fully saturated rings. The van der Waals surface area contributed by atoms with Gasteiger partial charge in [-0.05, 0) is 30.2 Å². The van der Waals surface area contributed by atoms with Gasteiger partial charge in [0, 0.05) is 13.0 Å². The van der Waals surface area contributed by atoms with Crippen LogP contribution in [-0.4, -0.2) is 13.2 Å². The van der Waals surface area contributed by atoms with E-state index in [1.165, 1.54) is 0 Å². The van der Waals surface area contributed by atoms with E-state index in [0.717, 1.165) is 18.7 Å². The van der Waals surface area contributed by atoms with Gasteiger partial charge in [0.15, 0.2) is 0 Å². The summed E-state index contributed by atoms with van der Waals surface area (Å²) in [5, 5.41) is 4.01. The molecule has 1 N–H and O–H groups in total. The molecule has 0 saturated heterocycles. The monoisotopic (exact) mass is 265 g/mol. The van der Waals surface area contributed by atoms with Crippen LogP contribution >= 0.6 is 11.6 Å². The summed E-state index contributed by atoms with van der Waals surface area (Å²) in [5.41, 5.74) is 1.16. The van der Waals surface area contributed by atoms with Crippen molar-refractivity contribution < 1.29 is 4.74 Å². The molecule has 2 nitrogen and oxygen atoms in total. The first-order valence-corrected chi connectivity index (χ1v) is 6.56. The fourth-order valence-electron chi connectivity index (χ4n) is 1.50. The molecule has 0 amide bonds. The van der Waals surface area contributed by atoms with E-state index in [1.54, 1.807) is 0 Å². The lowest BCUT2D eigenvalue weighted by atomic mass is 10.2. The molecule has 0 unspecified atom stereocenters. The van der Waals surface area contributed by atoms with Gasteiger partial charge in [0.25, 0.3) is 0 Å². The molecule has 0 spiro atoms. The van der Waals surface area contributed by atoms with Crippen molar-refractivity contribution in [3.63, 3.8) is 0 Å². The van der Waals surface area contributed by atoms with E-state index in [9.17, 15) is 0 Å². The highest BCUT2D eigenvalue weighted by atomic mass is 35.5. The maximum absolute atomic E-state index is 6.15. The van der Waals surface area contributed by atoms with Crippen LogP contribution in [0, 0.1) is 18.3 Å². The summed E-state index contributed by atoms with van der Waals surface area (Å²) in [5.74, 6) is 3.87. The highest BCUT2D eigenvalue weighted by Gasteiger charge is 2.03. The Morgan fingerprint density at radius 3 is 2.83 bits per heavy atom. The van der Waals surface area contributed by atoms with E-state index in [2.05, 4.69) is 25.1 Å². The zero-order valence-corrected chi connectivity index (χ0v) is 11.8. The molecule has 1 aromatic rings. The van der Waals surface area contributed by atoms with Crippen molar-refractivity contribution >= 4 is 11.6 Å². The summed E-state index contributed by atoms with van der Waals surface area (Å²) < 4.78 is 5.48. The predicted molar refractivity (Wildman–Crippen MR) is 76.9 cm³/mol. The fraction of sp³-hybridized carbons (Fsp3) is 0.467. The van der Waals surface area contributed by atoms with Gasteiger partial charge in [-0.3, -0.25) is 0 Å². The molecule has 0 bridgehead atoms. The van der Waals surface area contributed by atoms with Gasteiger partial charge >= 0.3 is 0 Å². The first-order chi connectivity index (χ1) is 8.63. The molecule has 1 rings (SSSR count). The Morgan fingerprint density at radius 2 is 2.22 bits per heavy atom. The highest BCUT2D eigenvalue weighted by Crippen LogP contribution is 2.25. The quantitative estimate of drug-likeness (QED) is 0.602. The van der Waals surface area contributed by atoms with Gasteiger partial charge in [-0.1, -0.05) is 31.5 Å². The smallest absolute Gasteiger partial charge is 0.137 e. The van der Waals surface area contributed by atoms with Crippen molar-refractivity contribution in [3.05, 3.63) is 28.8 Å². The van der Waals surface area contributed by atoms with Crippen LogP contribution in [0.25, 0.3) is 0 Å². The molecule has 3 heteroatoms. The number of terminal acetylenes is 1. The third kappa shape index (κ3) is 5.44. The molecule has 0 atom stereocenters. The summed E-state index contributed by atoms with van der Waals surface area (Å²) in [6.45, 7) is 6.69. The largest absolute Gasteiger partial charge is 0.491 e. The predicted octanol–water partition coefficient (Wildman–Crippen LogP) is 3.49. The number of hydrogen-bond acceptors (Lipinski definition) is 2. The maximum atomic E-state index is 6.15. The van der Waals surface area contributed by atoms with Crippen LogP contribution in [0.4, 0.5) is 0 Å². The van der Waals surface area contributed by atoms with E-state index >= 15 is 0 Å². The molecule has 0 heterocycles. The Hall–Kier alpha value is -1.17. The maximum Gasteiger partial charge on any atom is 0.137 e. The SMILES string of the molecule is C#CCCOc1ccc(CNCC(C)C)cc1Cl. The first kappa shape index (κ1) is 14.9. The van der Waals surface area contributed by atoms with E-state index in [1.807, 2.05) is 18.2 Å². The molecule has 0 radical (unpaired) electrons. The molecule has 0 saturated carbocycles. The standard InChI is InChI=1S/C15H20ClNO/c1-4-5-8-18-15-7-6-13(9-14(15)16)11-17-10-12(2)3/h1,6-7,9,12,17H,5,8,10-11H2,2-3H3. The van der Waals surface area contributed by atoms with Gasteiger partial charge in [-0.15, -0.1) is 12.3 Å². The summed E-state index contributed by atoms with van der Waals surface area (Å²) >= 11 is 6.15. The van der Waals surface area contributed by atoms with Gasteiger partial charge < -0.3 is 10.1 Å². The van der Waals surface area contributed by atoms with Gasteiger partial charge in [-0.2, -0.15) is 0 Å². The normalized spacial score (nSPS) is 10.4. The topological polar surface area (TPSA) is 21.3 Å². The van der Waals surface area contributed by atoms with E-state index in [0.29, 0.717) is 29.7 Å². The average Bonchev–Trinajstić information content (AvgIpc) is 2.31. The molecular formula is C15H20ClNO. The third-order valence-corrected chi connectivity index (χ3v) is 2.68. The first-order valence-electron chi connectivity index (χ1n) is 6.19. The molecule has 18 heavy (non-hydrogen) atoms. The zero-order valence-electron chi connectivity index (χ0n) is 11.0. The number of benzene rings is 1. The Labute approximate surface area is 115 Å². The van der Waals surface area contributed by atoms with Crippen molar-refractivity contribution in [2.24, 2.45) is 5.92 Å². The van der Waals surface area contributed by atoms with Crippen LogP contribution in [-0.2, 0) is 6.54 Å². The molecule has 1 aromatic carbocycles. The minimum Gasteiger partial charge on any atom is -0.491 e. The highest BCUT2D eigenvalue weighted by molar-refractivity contribution is 6.32. The van der Waals surface area contributed by atoms with Gasteiger partial charge in [0.1, 0.15) is 5.75 Å². The number of ether oxygens (including phenoxy) is 1. The van der Waals surface area contributed by atoms with E-state index < -0.39 is 0 Å². The lowest BCUT2D eigenvalue weighted by Gasteiger charge is -2.10. The van der Waals surface area contributed by atoms with Crippen molar-refractivity contribution in [2.45, 2.75) is 26.8 Å². The zero-order chi connectivity index (χ0) is 13.4. The molecule has 0 aliphatic carbocycles. The van der Waals surface area contributed by atoms with E-state index in [-0.39, 0.29) is 0 Å². The van der Waals surface area contributed by atoms with Gasteiger partial charge in [0.05, 0.1) is 11.6 Å². The molecule has 0 aliphatic heterocycles. The Balaban J connectivity index is 2.48. The van der Waals surface area contributed by atoms with Gasteiger partial charge in [0.2, 0.25) is 0 Å². The number of halogens is 1. The molecule has 0 aromatic heterocycles.